The van der Waals surface area contributed by atoms with Crippen LogP contribution in [0.2, 0.25) is 0 Å². The van der Waals surface area contributed by atoms with Gasteiger partial charge in [-0.1, -0.05) is 0 Å². The van der Waals surface area contributed by atoms with Gasteiger partial charge in [-0.25, -0.2) is 0 Å². The van der Waals surface area contributed by atoms with Crippen molar-refractivity contribution < 1.29 is 4.79 Å². The van der Waals surface area contributed by atoms with E-state index >= 15 is 0 Å². The van der Waals surface area contributed by atoms with Gasteiger partial charge in [0.1, 0.15) is 0 Å². The van der Waals surface area contributed by atoms with Gasteiger partial charge in [-0.3, -0.25) is 4.79 Å². The van der Waals surface area contributed by atoms with Crippen LogP contribution < -0.4 is 10.6 Å². The van der Waals surface area contributed by atoms with E-state index in [4.69, 9.17) is 0 Å². The van der Waals surface area contributed by atoms with Crippen LogP contribution in [-0.4, -0.2) is 51.1 Å². The highest BCUT2D eigenvalue weighted by Gasteiger charge is 2.15. The predicted octanol–water partition coefficient (Wildman–Crippen LogP) is 0.0539. The summed E-state index contributed by atoms with van der Waals surface area (Å²) < 4.78 is 0. The normalized spacial score (nSPS) is 19.1. The minimum absolute atomic E-state index is 0.117. The van der Waals surface area contributed by atoms with Crippen molar-refractivity contribution in [2.75, 3.05) is 40.3 Å². The highest BCUT2D eigenvalue weighted by molar-refractivity contribution is 5.75. The molecule has 1 rings (SSSR count). The Bertz CT molecular complexity index is 188. The molecule has 0 atom stereocenters. The van der Waals surface area contributed by atoms with Crippen LogP contribution in [0, 0.1) is 5.92 Å². The number of carbonyl (C=O) groups is 1. The number of likely N-dealkylation sites (tertiary alicyclic amines) is 1. The molecule has 0 radical (unpaired) electrons. The molecule has 0 unspecified atom stereocenters. The van der Waals surface area contributed by atoms with Crippen molar-refractivity contribution in [2.24, 2.45) is 5.92 Å². The molecule has 0 aromatic rings. The number of nitrogens with zero attached hydrogens (tertiary/aromatic N) is 1. The van der Waals surface area contributed by atoms with Gasteiger partial charge in [-0.15, -0.1) is 0 Å². The number of amides is 1. The van der Waals surface area contributed by atoms with E-state index in [1.54, 1.807) is 7.05 Å². The quantitative estimate of drug-likeness (QED) is 0.635. The molecule has 4 heteroatoms. The van der Waals surface area contributed by atoms with Crippen molar-refractivity contribution in [3.63, 3.8) is 0 Å². The second kappa shape index (κ2) is 6.80. The van der Waals surface area contributed by atoms with Crippen molar-refractivity contribution >= 4 is 5.91 Å². The van der Waals surface area contributed by atoms with Crippen LogP contribution in [0.4, 0.5) is 0 Å². The van der Waals surface area contributed by atoms with Gasteiger partial charge in [-0.2, -0.15) is 0 Å². The van der Waals surface area contributed by atoms with Crippen molar-refractivity contribution in [1.82, 2.24) is 15.5 Å². The Morgan fingerprint density at radius 1 is 1.40 bits per heavy atom. The molecule has 1 saturated heterocycles. The molecule has 0 bridgehead atoms. The lowest BCUT2D eigenvalue weighted by molar-refractivity contribution is -0.120. The standard InChI is InChI=1S/C11H23N3O/c1-12-11(15)3-6-13-9-10-4-7-14(2)8-5-10/h10,13H,3-9H2,1-2H3,(H,12,15). The maximum absolute atomic E-state index is 10.9. The highest BCUT2D eigenvalue weighted by Crippen LogP contribution is 2.14. The van der Waals surface area contributed by atoms with Crippen LogP contribution >= 0.6 is 0 Å². The molecule has 0 saturated carbocycles. The predicted molar refractivity (Wildman–Crippen MR) is 61.8 cm³/mol. The summed E-state index contributed by atoms with van der Waals surface area (Å²) in [6.45, 7) is 4.28. The van der Waals surface area contributed by atoms with E-state index in [2.05, 4.69) is 22.6 Å². The molecule has 1 aliphatic rings. The van der Waals surface area contributed by atoms with Crippen LogP contribution in [0.15, 0.2) is 0 Å². The Morgan fingerprint density at radius 3 is 2.67 bits per heavy atom. The first-order chi connectivity index (χ1) is 7.22. The van der Waals surface area contributed by atoms with Crippen molar-refractivity contribution in [1.29, 1.82) is 0 Å². The summed E-state index contributed by atoms with van der Waals surface area (Å²) in [5.74, 6) is 0.914. The molecule has 1 heterocycles. The third kappa shape index (κ3) is 5.14. The summed E-state index contributed by atoms with van der Waals surface area (Å²) in [4.78, 5) is 13.3. The van der Waals surface area contributed by atoms with E-state index in [0.717, 1.165) is 19.0 Å². The molecule has 1 amide bonds. The third-order valence-electron chi connectivity index (χ3n) is 3.08. The van der Waals surface area contributed by atoms with E-state index in [9.17, 15) is 4.79 Å². The van der Waals surface area contributed by atoms with Gasteiger partial charge in [0, 0.05) is 20.0 Å². The minimum Gasteiger partial charge on any atom is -0.359 e. The van der Waals surface area contributed by atoms with Gasteiger partial charge in [0.2, 0.25) is 5.91 Å². The van der Waals surface area contributed by atoms with Gasteiger partial charge in [0.25, 0.3) is 0 Å². The summed E-state index contributed by atoms with van der Waals surface area (Å²) in [7, 11) is 3.86. The van der Waals surface area contributed by atoms with Crippen LogP contribution in [0.1, 0.15) is 19.3 Å². The maximum Gasteiger partial charge on any atom is 0.221 e. The van der Waals surface area contributed by atoms with E-state index in [1.165, 1.54) is 25.9 Å². The van der Waals surface area contributed by atoms with Crippen molar-refractivity contribution in [3.05, 3.63) is 0 Å². The molecule has 0 aliphatic carbocycles. The summed E-state index contributed by atoms with van der Waals surface area (Å²) in [6.07, 6.45) is 3.15. The van der Waals surface area contributed by atoms with Gasteiger partial charge < -0.3 is 15.5 Å². The first-order valence-electron chi connectivity index (χ1n) is 5.82. The lowest BCUT2D eigenvalue weighted by Gasteiger charge is -2.29. The van der Waals surface area contributed by atoms with E-state index in [1.807, 2.05) is 0 Å². The highest BCUT2D eigenvalue weighted by atomic mass is 16.1. The first-order valence-corrected chi connectivity index (χ1v) is 5.82. The molecular weight excluding hydrogens is 190 g/mol. The molecule has 4 nitrogen and oxygen atoms in total. The maximum atomic E-state index is 10.9. The summed E-state index contributed by atoms with van der Waals surface area (Å²) in [5, 5.41) is 5.98. The second-order valence-corrected chi connectivity index (χ2v) is 4.37. The van der Waals surface area contributed by atoms with Crippen molar-refractivity contribution in [2.45, 2.75) is 19.3 Å². The summed E-state index contributed by atoms with van der Waals surface area (Å²) in [6, 6.07) is 0. The summed E-state index contributed by atoms with van der Waals surface area (Å²) >= 11 is 0. The van der Waals surface area contributed by atoms with Crippen molar-refractivity contribution in [3.8, 4) is 0 Å². The van der Waals surface area contributed by atoms with Gasteiger partial charge >= 0.3 is 0 Å². The number of piperidine rings is 1. The number of hydrogen-bond acceptors (Lipinski definition) is 3. The third-order valence-corrected chi connectivity index (χ3v) is 3.08. The molecular formula is C11H23N3O. The first kappa shape index (κ1) is 12.5. The van der Waals surface area contributed by atoms with E-state index < -0.39 is 0 Å². The monoisotopic (exact) mass is 213 g/mol. The Kier molecular flexibility index (Phi) is 5.65. The molecule has 0 spiro atoms. The lowest BCUT2D eigenvalue weighted by atomic mass is 9.97. The largest absolute Gasteiger partial charge is 0.359 e. The van der Waals surface area contributed by atoms with Crippen LogP contribution in [0.25, 0.3) is 0 Å². The fourth-order valence-electron chi connectivity index (χ4n) is 1.90. The fraction of sp³-hybridized carbons (Fsp3) is 0.909. The number of carbonyl (C=O) groups excluding carboxylic acids is 1. The number of nitrogens with one attached hydrogen (secondary N) is 2. The Morgan fingerprint density at radius 2 is 2.07 bits per heavy atom. The molecule has 2 N–H and O–H groups in total. The Hall–Kier alpha value is -0.610. The molecule has 1 aliphatic heterocycles. The molecule has 88 valence electrons. The molecule has 0 aromatic heterocycles. The smallest absolute Gasteiger partial charge is 0.221 e. The van der Waals surface area contributed by atoms with Gasteiger partial charge in [-0.05, 0) is 45.4 Å². The van der Waals surface area contributed by atoms with E-state index in [-0.39, 0.29) is 5.91 Å². The lowest BCUT2D eigenvalue weighted by Crippen LogP contribution is -2.35. The topological polar surface area (TPSA) is 44.4 Å². The Balaban J connectivity index is 1.98. The minimum atomic E-state index is 0.117. The second-order valence-electron chi connectivity index (χ2n) is 4.37. The summed E-state index contributed by atoms with van der Waals surface area (Å²) in [5.41, 5.74) is 0. The number of hydrogen-bond donors (Lipinski definition) is 2. The SMILES string of the molecule is CNC(=O)CCNCC1CCN(C)CC1. The van der Waals surface area contributed by atoms with E-state index in [0.29, 0.717) is 6.42 Å². The number of rotatable bonds is 5. The van der Waals surface area contributed by atoms with Gasteiger partial charge in [0.15, 0.2) is 0 Å². The Labute approximate surface area is 92.4 Å². The fourth-order valence-corrected chi connectivity index (χ4v) is 1.90. The zero-order chi connectivity index (χ0) is 11.1. The van der Waals surface area contributed by atoms with Crippen LogP contribution in [0.5, 0.6) is 0 Å². The zero-order valence-electron chi connectivity index (χ0n) is 9.88. The average Bonchev–Trinajstić information content (AvgIpc) is 2.26. The average molecular weight is 213 g/mol. The van der Waals surface area contributed by atoms with Crippen LogP contribution in [0.3, 0.4) is 0 Å². The molecule has 1 fully saturated rings. The molecule has 15 heavy (non-hydrogen) atoms. The van der Waals surface area contributed by atoms with Crippen LogP contribution in [-0.2, 0) is 4.79 Å². The van der Waals surface area contributed by atoms with Gasteiger partial charge in [0.05, 0.1) is 0 Å². The zero-order valence-corrected chi connectivity index (χ0v) is 9.88. The molecule has 0 aromatic carbocycles.